The van der Waals surface area contributed by atoms with E-state index in [0.717, 1.165) is 5.56 Å². The Morgan fingerprint density at radius 3 is 2.74 bits per heavy atom. The number of nitrogens with zero attached hydrogens (tertiary/aromatic N) is 1. The van der Waals surface area contributed by atoms with Gasteiger partial charge in [0.2, 0.25) is 0 Å². The number of amides is 1. The standard InChI is InChI=1S/C16H18F2N2O2S/c1-20(2)14(12-6-7-23-10-12)9-19-15(21)11-4-3-5-13(8-11)22-16(17)18/h3-8,10,14,16H,9H2,1-2H3,(H,19,21)/t14-/m1/s1. The third kappa shape index (κ3) is 5.01. The molecule has 23 heavy (non-hydrogen) atoms. The van der Waals surface area contributed by atoms with E-state index in [0.29, 0.717) is 6.54 Å². The van der Waals surface area contributed by atoms with Crippen LogP contribution in [0.2, 0.25) is 0 Å². The Hall–Kier alpha value is -1.99. The van der Waals surface area contributed by atoms with E-state index in [1.807, 2.05) is 35.8 Å². The molecule has 0 aliphatic carbocycles. The van der Waals surface area contributed by atoms with Gasteiger partial charge in [0.25, 0.3) is 5.91 Å². The molecule has 1 aromatic carbocycles. The van der Waals surface area contributed by atoms with E-state index < -0.39 is 6.61 Å². The summed E-state index contributed by atoms with van der Waals surface area (Å²) in [4.78, 5) is 14.2. The predicted molar refractivity (Wildman–Crippen MR) is 86.2 cm³/mol. The first-order valence-electron chi connectivity index (χ1n) is 6.99. The van der Waals surface area contributed by atoms with Crippen LogP contribution in [0.5, 0.6) is 5.75 Å². The van der Waals surface area contributed by atoms with Crippen molar-refractivity contribution in [1.82, 2.24) is 10.2 Å². The first-order valence-corrected chi connectivity index (χ1v) is 7.93. The normalized spacial score (nSPS) is 12.4. The van der Waals surface area contributed by atoms with Crippen molar-refractivity contribution in [2.45, 2.75) is 12.7 Å². The predicted octanol–water partition coefficient (Wildman–Crippen LogP) is 3.38. The van der Waals surface area contributed by atoms with Crippen LogP contribution in [-0.2, 0) is 0 Å². The van der Waals surface area contributed by atoms with E-state index in [2.05, 4.69) is 10.1 Å². The molecule has 2 aromatic rings. The van der Waals surface area contributed by atoms with E-state index in [1.54, 1.807) is 17.4 Å². The molecule has 2 rings (SSSR count). The number of benzene rings is 1. The Bertz CT molecular complexity index is 633. The first-order chi connectivity index (χ1) is 11.0. The number of ether oxygens (including phenoxy) is 1. The number of halogens is 2. The van der Waals surface area contributed by atoms with Gasteiger partial charge in [-0.25, -0.2) is 0 Å². The molecule has 4 nitrogen and oxygen atoms in total. The molecule has 0 radical (unpaired) electrons. The smallest absolute Gasteiger partial charge is 0.387 e. The first kappa shape index (κ1) is 17.4. The lowest BCUT2D eigenvalue weighted by Crippen LogP contribution is -2.34. The summed E-state index contributed by atoms with van der Waals surface area (Å²) in [6.07, 6.45) is 0. The second-order valence-electron chi connectivity index (χ2n) is 5.15. The Morgan fingerprint density at radius 2 is 2.13 bits per heavy atom. The Morgan fingerprint density at radius 1 is 1.35 bits per heavy atom. The van der Waals surface area contributed by atoms with Crippen molar-refractivity contribution in [2.24, 2.45) is 0 Å². The SMILES string of the molecule is CN(C)[C@H](CNC(=O)c1cccc(OC(F)F)c1)c1ccsc1. The third-order valence-corrected chi connectivity index (χ3v) is 4.03. The number of hydrogen-bond acceptors (Lipinski definition) is 4. The van der Waals surface area contributed by atoms with Gasteiger partial charge in [-0.3, -0.25) is 4.79 Å². The van der Waals surface area contributed by atoms with Crippen molar-refractivity contribution >= 4 is 17.2 Å². The summed E-state index contributed by atoms with van der Waals surface area (Å²) in [6, 6.07) is 7.81. The molecule has 7 heteroatoms. The van der Waals surface area contributed by atoms with Crippen molar-refractivity contribution in [2.75, 3.05) is 20.6 Å². The second-order valence-corrected chi connectivity index (χ2v) is 5.93. The fraction of sp³-hybridized carbons (Fsp3) is 0.312. The molecule has 1 aromatic heterocycles. The molecule has 1 heterocycles. The quantitative estimate of drug-likeness (QED) is 0.840. The molecule has 0 aliphatic rings. The summed E-state index contributed by atoms with van der Waals surface area (Å²) in [6.45, 7) is -2.49. The van der Waals surface area contributed by atoms with Gasteiger partial charge < -0.3 is 15.0 Å². The number of carbonyl (C=O) groups excluding carboxylic acids is 1. The van der Waals surface area contributed by atoms with Gasteiger partial charge in [-0.2, -0.15) is 20.1 Å². The summed E-state index contributed by atoms with van der Waals surface area (Å²) < 4.78 is 28.8. The molecule has 0 saturated carbocycles. The second kappa shape index (κ2) is 8.03. The van der Waals surface area contributed by atoms with Crippen LogP contribution < -0.4 is 10.1 Å². The Balaban J connectivity index is 2.01. The van der Waals surface area contributed by atoms with E-state index >= 15 is 0 Å². The van der Waals surface area contributed by atoms with Crippen LogP contribution >= 0.6 is 11.3 Å². The third-order valence-electron chi connectivity index (χ3n) is 3.33. The van der Waals surface area contributed by atoms with Gasteiger partial charge in [0, 0.05) is 12.1 Å². The highest BCUT2D eigenvalue weighted by atomic mass is 32.1. The molecule has 0 saturated heterocycles. The Labute approximate surface area is 137 Å². The number of carbonyl (C=O) groups is 1. The van der Waals surface area contributed by atoms with Crippen molar-refractivity contribution in [1.29, 1.82) is 0 Å². The summed E-state index contributed by atoms with van der Waals surface area (Å²) >= 11 is 1.60. The molecule has 0 unspecified atom stereocenters. The van der Waals surface area contributed by atoms with Crippen molar-refractivity contribution in [3.8, 4) is 5.75 Å². The maximum absolute atomic E-state index is 12.2. The molecule has 0 aliphatic heterocycles. The van der Waals surface area contributed by atoms with E-state index in [4.69, 9.17) is 0 Å². The maximum atomic E-state index is 12.2. The van der Waals surface area contributed by atoms with Crippen LogP contribution in [0.3, 0.4) is 0 Å². The molecule has 0 spiro atoms. The molecule has 0 bridgehead atoms. The number of alkyl halides is 2. The van der Waals surface area contributed by atoms with E-state index in [-0.39, 0.29) is 23.3 Å². The monoisotopic (exact) mass is 340 g/mol. The van der Waals surface area contributed by atoms with Gasteiger partial charge in [-0.05, 0) is 54.7 Å². The van der Waals surface area contributed by atoms with Gasteiger partial charge >= 0.3 is 6.61 Å². The highest BCUT2D eigenvalue weighted by molar-refractivity contribution is 7.07. The summed E-state index contributed by atoms with van der Waals surface area (Å²) in [5, 5.41) is 6.85. The van der Waals surface area contributed by atoms with Gasteiger partial charge in [0.1, 0.15) is 5.75 Å². The van der Waals surface area contributed by atoms with Crippen LogP contribution in [-0.4, -0.2) is 38.1 Å². The van der Waals surface area contributed by atoms with Crippen LogP contribution in [0, 0.1) is 0 Å². The van der Waals surface area contributed by atoms with Crippen LogP contribution in [0.1, 0.15) is 22.0 Å². The topological polar surface area (TPSA) is 41.6 Å². The maximum Gasteiger partial charge on any atom is 0.387 e. The zero-order valence-corrected chi connectivity index (χ0v) is 13.6. The van der Waals surface area contributed by atoms with Gasteiger partial charge in [0.05, 0.1) is 6.04 Å². The van der Waals surface area contributed by atoms with Crippen molar-refractivity contribution in [3.63, 3.8) is 0 Å². The number of hydrogen-bond donors (Lipinski definition) is 1. The summed E-state index contributed by atoms with van der Waals surface area (Å²) in [5.41, 5.74) is 1.40. The minimum atomic E-state index is -2.91. The number of rotatable bonds is 7. The average Bonchev–Trinajstić information content (AvgIpc) is 3.00. The van der Waals surface area contributed by atoms with E-state index in [1.165, 1.54) is 18.2 Å². The van der Waals surface area contributed by atoms with Crippen LogP contribution in [0.4, 0.5) is 8.78 Å². The number of likely N-dealkylation sites (N-methyl/N-ethyl adjacent to an activating group) is 1. The molecular weight excluding hydrogens is 322 g/mol. The molecule has 0 fully saturated rings. The molecular formula is C16H18F2N2O2S. The molecule has 1 N–H and O–H groups in total. The largest absolute Gasteiger partial charge is 0.435 e. The zero-order valence-electron chi connectivity index (χ0n) is 12.8. The molecule has 1 atom stereocenters. The minimum Gasteiger partial charge on any atom is -0.435 e. The fourth-order valence-electron chi connectivity index (χ4n) is 2.17. The van der Waals surface area contributed by atoms with Gasteiger partial charge in [-0.1, -0.05) is 6.07 Å². The highest BCUT2D eigenvalue weighted by Crippen LogP contribution is 2.20. The van der Waals surface area contributed by atoms with Crippen molar-refractivity contribution < 1.29 is 18.3 Å². The molecule has 124 valence electrons. The van der Waals surface area contributed by atoms with Gasteiger partial charge in [-0.15, -0.1) is 0 Å². The average molecular weight is 340 g/mol. The summed E-state index contributed by atoms with van der Waals surface area (Å²) in [5.74, 6) is -0.360. The minimum absolute atomic E-state index is 0.0327. The number of thiophene rings is 1. The lowest BCUT2D eigenvalue weighted by molar-refractivity contribution is -0.0498. The highest BCUT2D eigenvalue weighted by Gasteiger charge is 2.16. The van der Waals surface area contributed by atoms with E-state index in [9.17, 15) is 13.6 Å². The van der Waals surface area contributed by atoms with Crippen molar-refractivity contribution in [3.05, 3.63) is 52.2 Å². The zero-order chi connectivity index (χ0) is 16.8. The number of nitrogens with one attached hydrogen (secondary N) is 1. The summed E-state index contributed by atoms with van der Waals surface area (Å²) in [7, 11) is 3.87. The van der Waals surface area contributed by atoms with Crippen LogP contribution in [0.25, 0.3) is 0 Å². The fourth-order valence-corrected chi connectivity index (χ4v) is 2.88. The Kier molecular flexibility index (Phi) is 6.06. The molecule has 1 amide bonds. The van der Waals surface area contributed by atoms with Gasteiger partial charge in [0.15, 0.2) is 0 Å². The lowest BCUT2D eigenvalue weighted by Gasteiger charge is -2.24. The van der Waals surface area contributed by atoms with Crippen LogP contribution in [0.15, 0.2) is 41.1 Å². The lowest BCUT2D eigenvalue weighted by atomic mass is 10.1.